The van der Waals surface area contributed by atoms with E-state index in [1.807, 2.05) is 35.1 Å². The molecule has 2 N–H and O–H groups in total. The van der Waals surface area contributed by atoms with Gasteiger partial charge >= 0.3 is 0 Å². The van der Waals surface area contributed by atoms with Crippen LogP contribution in [0.5, 0.6) is 0 Å². The number of nitrogens with zero attached hydrogens (tertiary/aromatic N) is 2. The van der Waals surface area contributed by atoms with Crippen molar-refractivity contribution in [1.29, 1.82) is 0 Å². The van der Waals surface area contributed by atoms with Gasteiger partial charge in [-0.2, -0.15) is 5.10 Å². The molecule has 5 nitrogen and oxygen atoms in total. The molecular formula is C20H28Cl2N4O. The lowest BCUT2D eigenvalue weighted by Gasteiger charge is -2.30. The molecule has 0 aliphatic carbocycles. The van der Waals surface area contributed by atoms with Crippen LogP contribution in [0.15, 0.2) is 30.5 Å². The highest BCUT2D eigenvalue weighted by Crippen LogP contribution is 2.31. The van der Waals surface area contributed by atoms with E-state index in [0.29, 0.717) is 22.2 Å². The van der Waals surface area contributed by atoms with Crippen molar-refractivity contribution in [3.05, 3.63) is 41.0 Å². The molecule has 1 aromatic heterocycles. The summed E-state index contributed by atoms with van der Waals surface area (Å²) in [5, 5.41) is 11.8. The van der Waals surface area contributed by atoms with Crippen molar-refractivity contribution in [1.82, 2.24) is 20.4 Å². The molecular weight excluding hydrogens is 383 g/mol. The SMILES string of the molecule is CC1CCNCC1NC(=O)c1cn(C(C)(C)C)nc1-c1ccccc1Cl.Cl. The van der Waals surface area contributed by atoms with Gasteiger partial charge in [-0.25, -0.2) is 0 Å². The Bertz CT molecular complexity index is 798. The fourth-order valence-electron chi connectivity index (χ4n) is 3.17. The van der Waals surface area contributed by atoms with Crippen molar-refractivity contribution in [2.24, 2.45) is 5.92 Å². The molecule has 1 saturated heterocycles. The molecule has 0 bridgehead atoms. The third kappa shape index (κ3) is 4.84. The average molecular weight is 411 g/mol. The smallest absolute Gasteiger partial charge is 0.255 e. The second-order valence-corrected chi connectivity index (χ2v) is 8.44. The average Bonchev–Trinajstić information content (AvgIpc) is 3.03. The molecule has 0 spiro atoms. The van der Waals surface area contributed by atoms with Crippen LogP contribution in [0.2, 0.25) is 5.02 Å². The Labute approximate surface area is 172 Å². The standard InChI is InChI=1S/C20H27ClN4O.ClH/c1-13-9-10-22-11-17(13)23-19(26)15-12-25(20(2,3)4)24-18(15)14-7-5-6-8-16(14)21;/h5-8,12-13,17,22H,9-11H2,1-4H3,(H,23,26);1H. The topological polar surface area (TPSA) is 58.9 Å². The maximum Gasteiger partial charge on any atom is 0.255 e. The third-order valence-corrected chi connectivity index (χ3v) is 5.25. The number of halogens is 2. The molecule has 0 radical (unpaired) electrons. The number of nitrogens with one attached hydrogen (secondary N) is 2. The summed E-state index contributed by atoms with van der Waals surface area (Å²) >= 11 is 6.38. The van der Waals surface area contributed by atoms with Crippen LogP contribution in [-0.2, 0) is 5.54 Å². The maximum atomic E-state index is 13.1. The number of hydrogen-bond acceptors (Lipinski definition) is 3. The van der Waals surface area contributed by atoms with Crippen LogP contribution in [0.25, 0.3) is 11.3 Å². The first-order valence-corrected chi connectivity index (χ1v) is 9.52. The van der Waals surface area contributed by atoms with E-state index < -0.39 is 0 Å². The zero-order valence-electron chi connectivity index (χ0n) is 16.3. The van der Waals surface area contributed by atoms with E-state index in [-0.39, 0.29) is 29.9 Å². The Hall–Kier alpha value is -1.56. The van der Waals surface area contributed by atoms with Gasteiger partial charge in [0.2, 0.25) is 0 Å². The number of amides is 1. The quantitative estimate of drug-likeness (QED) is 0.799. The van der Waals surface area contributed by atoms with Crippen molar-refractivity contribution in [2.45, 2.75) is 45.7 Å². The summed E-state index contributed by atoms with van der Waals surface area (Å²) in [6.45, 7) is 10.2. The molecule has 1 fully saturated rings. The van der Waals surface area contributed by atoms with Crippen LogP contribution in [-0.4, -0.2) is 34.8 Å². The zero-order chi connectivity index (χ0) is 18.9. The largest absolute Gasteiger partial charge is 0.348 e. The van der Waals surface area contributed by atoms with Gasteiger partial charge in [0.25, 0.3) is 5.91 Å². The Morgan fingerprint density at radius 2 is 2.04 bits per heavy atom. The molecule has 0 saturated carbocycles. The summed E-state index contributed by atoms with van der Waals surface area (Å²) in [7, 11) is 0. The molecule has 3 rings (SSSR count). The molecule has 2 heterocycles. The lowest BCUT2D eigenvalue weighted by Crippen LogP contribution is -2.50. The molecule has 27 heavy (non-hydrogen) atoms. The van der Waals surface area contributed by atoms with Crippen LogP contribution in [0.1, 0.15) is 44.5 Å². The highest BCUT2D eigenvalue weighted by atomic mass is 35.5. The van der Waals surface area contributed by atoms with Crippen molar-refractivity contribution in [3.8, 4) is 11.3 Å². The molecule has 7 heteroatoms. The predicted octanol–water partition coefficient (Wildman–Crippen LogP) is 4.11. The fraction of sp³-hybridized carbons (Fsp3) is 0.500. The third-order valence-electron chi connectivity index (χ3n) is 4.92. The van der Waals surface area contributed by atoms with Gasteiger partial charge in [0.15, 0.2) is 0 Å². The molecule has 1 aliphatic heterocycles. The second kappa shape index (κ2) is 8.63. The van der Waals surface area contributed by atoms with E-state index in [9.17, 15) is 4.79 Å². The van der Waals surface area contributed by atoms with Crippen LogP contribution >= 0.6 is 24.0 Å². The summed E-state index contributed by atoms with van der Waals surface area (Å²) in [5.41, 5.74) is 1.73. The number of benzene rings is 1. The van der Waals surface area contributed by atoms with E-state index in [2.05, 4.69) is 38.3 Å². The highest BCUT2D eigenvalue weighted by Gasteiger charge is 2.27. The molecule has 2 unspecified atom stereocenters. The number of carbonyl (C=O) groups is 1. The molecule has 1 aliphatic rings. The van der Waals surface area contributed by atoms with Crippen LogP contribution in [0.4, 0.5) is 0 Å². The van der Waals surface area contributed by atoms with Crippen LogP contribution < -0.4 is 10.6 Å². The summed E-state index contributed by atoms with van der Waals surface area (Å²) in [6.07, 6.45) is 2.89. The molecule has 2 aromatic rings. The Morgan fingerprint density at radius 1 is 1.33 bits per heavy atom. The molecule has 2 atom stereocenters. The van der Waals surface area contributed by atoms with Gasteiger partial charge in [0.05, 0.1) is 16.1 Å². The fourth-order valence-corrected chi connectivity index (χ4v) is 3.39. The first-order chi connectivity index (χ1) is 12.3. The van der Waals surface area contributed by atoms with Gasteiger partial charge in [0, 0.05) is 24.3 Å². The summed E-state index contributed by atoms with van der Waals surface area (Å²) in [6, 6.07) is 7.63. The Morgan fingerprint density at radius 3 is 2.67 bits per heavy atom. The van der Waals surface area contributed by atoms with E-state index in [4.69, 9.17) is 16.7 Å². The Balaban J connectivity index is 0.00000261. The van der Waals surface area contributed by atoms with Crippen molar-refractivity contribution >= 4 is 29.9 Å². The van der Waals surface area contributed by atoms with Gasteiger partial charge in [-0.05, 0) is 45.7 Å². The number of hydrogen-bond donors (Lipinski definition) is 2. The van der Waals surface area contributed by atoms with E-state index >= 15 is 0 Å². The lowest BCUT2D eigenvalue weighted by molar-refractivity contribution is 0.0915. The van der Waals surface area contributed by atoms with Crippen molar-refractivity contribution < 1.29 is 4.79 Å². The minimum Gasteiger partial charge on any atom is -0.348 e. The minimum absolute atomic E-state index is 0. The summed E-state index contributed by atoms with van der Waals surface area (Å²) < 4.78 is 1.84. The van der Waals surface area contributed by atoms with Gasteiger partial charge < -0.3 is 10.6 Å². The van der Waals surface area contributed by atoms with E-state index in [1.54, 1.807) is 0 Å². The summed E-state index contributed by atoms with van der Waals surface area (Å²) in [4.78, 5) is 13.1. The zero-order valence-corrected chi connectivity index (χ0v) is 17.8. The normalized spacial score (nSPS) is 20.0. The van der Waals surface area contributed by atoms with E-state index in [1.165, 1.54) is 0 Å². The molecule has 1 aromatic carbocycles. The lowest BCUT2D eigenvalue weighted by atomic mass is 9.94. The highest BCUT2D eigenvalue weighted by molar-refractivity contribution is 6.33. The molecule has 148 valence electrons. The van der Waals surface area contributed by atoms with Crippen LogP contribution in [0.3, 0.4) is 0 Å². The van der Waals surface area contributed by atoms with Crippen molar-refractivity contribution in [3.63, 3.8) is 0 Å². The van der Waals surface area contributed by atoms with E-state index in [0.717, 1.165) is 25.1 Å². The van der Waals surface area contributed by atoms with Gasteiger partial charge in [-0.1, -0.05) is 36.7 Å². The predicted molar refractivity (Wildman–Crippen MR) is 113 cm³/mol. The summed E-state index contributed by atoms with van der Waals surface area (Å²) in [5.74, 6) is 0.345. The number of aromatic nitrogens is 2. The van der Waals surface area contributed by atoms with Gasteiger partial charge in [-0.15, -0.1) is 12.4 Å². The maximum absolute atomic E-state index is 13.1. The second-order valence-electron chi connectivity index (χ2n) is 8.04. The first kappa shape index (κ1) is 21.7. The van der Waals surface area contributed by atoms with Crippen LogP contribution in [0, 0.1) is 5.92 Å². The number of carbonyl (C=O) groups excluding carboxylic acids is 1. The Kier molecular flexibility index (Phi) is 6.95. The molecule has 1 amide bonds. The van der Waals surface area contributed by atoms with Gasteiger partial charge in [0.1, 0.15) is 5.69 Å². The van der Waals surface area contributed by atoms with Gasteiger partial charge in [-0.3, -0.25) is 9.48 Å². The van der Waals surface area contributed by atoms with Crippen molar-refractivity contribution in [2.75, 3.05) is 13.1 Å². The first-order valence-electron chi connectivity index (χ1n) is 9.14. The minimum atomic E-state index is -0.228. The monoisotopic (exact) mass is 410 g/mol. The number of piperidine rings is 1. The number of rotatable bonds is 3.